The zero-order chi connectivity index (χ0) is 25.4. The maximum atomic E-state index is 14.2. The monoisotopic (exact) mass is 514 g/mol. The molecule has 3 fully saturated rings. The number of likely N-dealkylation sites (tertiary alicyclic amines) is 1. The zero-order valence-corrected chi connectivity index (χ0v) is 22.3. The first kappa shape index (κ1) is 25.7. The number of hydrogen-bond donors (Lipinski definition) is 0. The lowest BCUT2D eigenvalue weighted by atomic mass is 9.78. The van der Waals surface area contributed by atoms with E-state index in [9.17, 15) is 12.8 Å². The molecule has 9 heteroatoms. The molecule has 4 heterocycles. The van der Waals surface area contributed by atoms with Crippen molar-refractivity contribution in [3.8, 4) is 0 Å². The van der Waals surface area contributed by atoms with E-state index in [0.717, 1.165) is 62.4 Å². The van der Waals surface area contributed by atoms with Crippen LogP contribution in [0.5, 0.6) is 0 Å². The normalized spacial score (nSPS) is 26.8. The Kier molecular flexibility index (Phi) is 7.45. The number of aromatic nitrogens is 2. The molecule has 3 unspecified atom stereocenters. The van der Waals surface area contributed by atoms with Crippen molar-refractivity contribution >= 4 is 10.0 Å². The lowest BCUT2D eigenvalue weighted by Gasteiger charge is -2.36. The van der Waals surface area contributed by atoms with E-state index in [1.807, 2.05) is 6.07 Å². The van der Waals surface area contributed by atoms with Gasteiger partial charge in [0.2, 0.25) is 10.0 Å². The van der Waals surface area contributed by atoms with E-state index in [2.05, 4.69) is 28.7 Å². The number of hydrogen-bond acceptors (Lipinski definition) is 5. The summed E-state index contributed by atoms with van der Waals surface area (Å²) in [7, 11) is -3.17. The molecule has 5 rings (SSSR count). The topological polar surface area (TPSA) is 80.5 Å². The summed E-state index contributed by atoms with van der Waals surface area (Å²) in [5, 5.41) is 5.00. The summed E-state index contributed by atoms with van der Waals surface area (Å²) in [5.41, 5.74) is 4.29. The van der Waals surface area contributed by atoms with Crippen LogP contribution in [0.3, 0.4) is 0 Å². The highest BCUT2D eigenvalue weighted by atomic mass is 32.2. The van der Waals surface area contributed by atoms with Gasteiger partial charge in [-0.3, -0.25) is 0 Å². The van der Waals surface area contributed by atoms with Crippen LogP contribution in [0.2, 0.25) is 0 Å². The van der Waals surface area contributed by atoms with Crippen LogP contribution < -0.4 is 5.32 Å². The predicted octanol–water partition coefficient (Wildman–Crippen LogP) is 3.29. The molecule has 3 saturated heterocycles. The lowest BCUT2D eigenvalue weighted by Crippen LogP contribution is -2.39. The minimum absolute atomic E-state index is 0.167. The quantitative estimate of drug-likeness (QED) is 0.567. The number of nitrogens with zero attached hydrogens (tertiary/aromatic N) is 5. The number of benzene rings is 1. The molecule has 2 aromatic rings. The van der Waals surface area contributed by atoms with Crippen LogP contribution >= 0.6 is 0 Å². The van der Waals surface area contributed by atoms with Crippen LogP contribution in [0, 0.1) is 37.4 Å². The van der Waals surface area contributed by atoms with Crippen LogP contribution in [0.4, 0.5) is 4.39 Å². The Morgan fingerprint density at radius 1 is 1.11 bits per heavy atom. The highest BCUT2D eigenvalue weighted by molar-refractivity contribution is 7.88. The molecule has 195 valence electrons. The number of fused-ring (bicyclic) bond motifs is 1. The summed E-state index contributed by atoms with van der Waals surface area (Å²) in [5.74, 6) is 1.40. The number of halogens is 1. The second kappa shape index (κ2) is 10.4. The van der Waals surface area contributed by atoms with Gasteiger partial charge in [0.1, 0.15) is 12.1 Å². The first-order valence-electron chi connectivity index (χ1n) is 13.1. The molecular formula is C27H37FN5O2S. The summed E-state index contributed by atoms with van der Waals surface area (Å²) >= 11 is 0. The van der Waals surface area contributed by atoms with E-state index in [4.69, 9.17) is 5.32 Å². The second-order valence-corrected chi connectivity index (χ2v) is 12.9. The second-order valence-electron chi connectivity index (χ2n) is 10.9. The van der Waals surface area contributed by atoms with Crippen LogP contribution in [0.15, 0.2) is 30.6 Å². The summed E-state index contributed by atoms with van der Waals surface area (Å²) in [6.07, 6.45) is 5.49. The van der Waals surface area contributed by atoms with Crippen molar-refractivity contribution in [3.63, 3.8) is 0 Å². The lowest BCUT2D eigenvalue weighted by molar-refractivity contribution is 0.217. The fourth-order valence-electron chi connectivity index (χ4n) is 6.79. The van der Waals surface area contributed by atoms with E-state index in [0.29, 0.717) is 30.8 Å². The molecule has 0 aliphatic carbocycles. The molecule has 1 aromatic heterocycles. The smallest absolute Gasteiger partial charge is 0.211 e. The SMILES string of the molecule is Cc1ncnc(C)c1C1[N]CC2CN(CC[C@@H](c3cccc(F)c3)C3CCN(S(C)(=O)=O)CC3)CC21. The molecule has 36 heavy (non-hydrogen) atoms. The Balaban J connectivity index is 1.27. The van der Waals surface area contributed by atoms with Crippen molar-refractivity contribution in [1.29, 1.82) is 0 Å². The fraction of sp³-hybridized carbons (Fsp3) is 0.630. The van der Waals surface area contributed by atoms with Crippen molar-refractivity contribution in [2.45, 2.75) is 45.1 Å². The first-order chi connectivity index (χ1) is 17.2. The molecule has 0 saturated carbocycles. The highest BCUT2D eigenvalue weighted by Crippen LogP contribution is 2.42. The molecule has 1 aromatic carbocycles. The van der Waals surface area contributed by atoms with Crippen molar-refractivity contribution in [3.05, 3.63) is 58.9 Å². The van der Waals surface area contributed by atoms with Gasteiger partial charge >= 0.3 is 0 Å². The van der Waals surface area contributed by atoms with Crippen LogP contribution in [-0.4, -0.2) is 73.1 Å². The third kappa shape index (κ3) is 5.35. The van der Waals surface area contributed by atoms with Gasteiger partial charge in [-0.05, 0) is 81.0 Å². The summed E-state index contributed by atoms with van der Waals surface area (Å²) in [6, 6.07) is 7.16. The van der Waals surface area contributed by atoms with Crippen LogP contribution in [0.1, 0.15) is 53.7 Å². The third-order valence-corrected chi connectivity index (χ3v) is 9.96. The van der Waals surface area contributed by atoms with E-state index in [1.165, 1.54) is 17.9 Å². The highest BCUT2D eigenvalue weighted by Gasteiger charge is 2.45. The molecule has 3 aliphatic heterocycles. The molecule has 0 bridgehead atoms. The van der Waals surface area contributed by atoms with Crippen LogP contribution in [-0.2, 0) is 10.0 Å². The van der Waals surface area contributed by atoms with Crippen molar-refractivity contribution < 1.29 is 12.8 Å². The molecular weight excluding hydrogens is 477 g/mol. The molecule has 0 N–H and O–H groups in total. The van der Waals surface area contributed by atoms with Gasteiger partial charge in [-0.15, -0.1) is 0 Å². The predicted molar refractivity (Wildman–Crippen MR) is 138 cm³/mol. The van der Waals surface area contributed by atoms with Gasteiger partial charge in [0.15, 0.2) is 0 Å². The summed E-state index contributed by atoms with van der Waals surface area (Å²) < 4.78 is 39.7. The van der Waals surface area contributed by atoms with Gasteiger partial charge in [-0.2, -0.15) is 0 Å². The minimum Gasteiger partial charge on any atom is -0.303 e. The Morgan fingerprint density at radius 3 is 2.50 bits per heavy atom. The maximum absolute atomic E-state index is 14.2. The molecule has 4 atom stereocenters. The van der Waals surface area contributed by atoms with Crippen molar-refractivity contribution in [2.24, 2.45) is 17.8 Å². The first-order valence-corrected chi connectivity index (χ1v) is 14.9. The molecule has 7 nitrogen and oxygen atoms in total. The Morgan fingerprint density at radius 2 is 1.83 bits per heavy atom. The Bertz CT molecular complexity index is 1160. The number of sulfonamides is 1. The van der Waals surface area contributed by atoms with Gasteiger partial charge in [0, 0.05) is 49.7 Å². The third-order valence-electron chi connectivity index (χ3n) is 8.66. The van der Waals surface area contributed by atoms with E-state index < -0.39 is 10.0 Å². The van der Waals surface area contributed by atoms with E-state index in [-0.39, 0.29) is 17.8 Å². The summed E-state index contributed by atoms with van der Waals surface area (Å²) in [4.78, 5) is 11.4. The zero-order valence-electron chi connectivity index (χ0n) is 21.5. The largest absolute Gasteiger partial charge is 0.303 e. The van der Waals surface area contributed by atoms with E-state index in [1.54, 1.807) is 22.8 Å². The van der Waals surface area contributed by atoms with Crippen molar-refractivity contribution in [1.82, 2.24) is 24.5 Å². The summed E-state index contributed by atoms with van der Waals surface area (Å²) in [6.45, 7) is 9.09. The number of rotatable bonds is 7. The van der Waals surface area contributed by atoms with Crippen LogP contribution in [0.25, 0.3) is 0 Å². The standard InChI is InChI=1S/C27H37FN5O2S/c1-18-26(19(2)31-17-30-18)27-25-16-32(15-22(25)14-29-27)10-9-24(21-5-4-6-23(28)13-21)20-7-11-33(12-8-20)36(3,34)35/h4-6,13,17,20,22,24-25,27H,7-12,14-16H2,1-3H3/t22?,24-,25?,27?/m1/s1. The Labute approximate surface area is 214 Å². The average Bonchev–Trinajstić information content (AvgIpc) is 3.40. The molecule has 3 aliphatic rings. The average molecular weight is 515 g/mol. The van der Waals surface area contributed by atoms with E-state index >= 15 is 0 Å². The molecule has 0 amide bonds. The van der Waals surface area contributed by atoms with Crippen molar-refractivity contribution in [2.75, 3.05) is 45.5 Å². The minimum atomic E-state index is -3.17. The van der Waals surface area contributed by atoms with Gasteiger partial charge in [0.05, 0.1) is 12.3 Å². The fourth-order valence-corrected chi connectivity index (χ4v) is 7.66. The van der Waals surface area contributed by atoms with Gasteiger partial charge in [-0.1, -0.05) is 12.1 Å². The van der Waals surface area contributed by atoms with Gasteiger partial charge in [-0.25, -0.2) is 32.4 Å². The Hall–Kier alpha value is -1.94. The maximum Gasteiger partial charge on any atom is 0.211 e. The molecule has 0 spiro atoms. The number of piperidine rings is 1. The van der Waals surface area contributed by atoms with Gasteiger partial charge in [0.25, 0.3) is 0 Å². The molecule has 1 radical (unpaired) electrons. The number of aryl methyl sites for hydroxylation is 2. The van der Waals surface area contributed by atoms with Gasteiger partial charge < -0.3 is 4.90 Å².